The van der Waals surface area contributed by atoms with Crippen LogP contribution in [0.25, 0.3) is 0 Å². The molecular formula is C25H25N3O4. The number of hydrogen-bond donors (Lipinski definition) is 2. The molecule has 0 atom stereocenters. The third-order valence-corrected chi connectivity index (χ3v) is 4.47. The second-order valence-electron chi connectivity index (χ2n) is 7.07. The van der Waals surface area contributed by atoms with Crippen LogP contribution in [0.15, 0.2) is 77.9 Å². The monoisotopic (exact) mass is 431 g/mol. The molecule has 0 saturated carbocycles. The van der Waals surface area contributed by atoms with Crippen molar-refractivity contribution >= 4 is 23.7 Å². The standard InChI is InChI=1S/C25H25N3O4/c1-18-6-5-7-20(14-18)17-32-21-12-10-19(11-13-21)16-26-28-25(30)15-24(29)27-22-8-3-4-9-23(22)31-2/h3-14,16H,15,17H2,1-2H3,(H,27,29)(H,28,30). The highest BCUT2D eigenvalue weighted by atomic mass is 16.5. The summed E-state index contributed by atoms with van der Waals surface area (Å²) in [6.07, 6.45) is 1.14. The minimum Gasteiger partial charge on any atom is -0.495 e. The van der Waals surface area contributed by atoms with Crippen LogP contribution in [0.1, 0.15) is 23.1 Å². The number of amides is 2. The highest BCUT2D eigenvalue weighted by Gasteiger charge is 2.11. The molecular weight excluding hydrogens is 406 g/mol. The van der Waals surface area contributed by atoms with E-state index in [1.807, 2.05) is 49.4 Å². The Morgan fingerprint density at radius 3 is 2.50 bits per heavy atom. The van der Waals surface area contributed by atoms with Crippen molar-refractivity contribution in [3.63, 3.8) is 0 Å². The van der Waals surface area contributed by atoms with Crippen LogP contribution in [0.5, 0.6) is 11.5 Å². The second-order valence-corrected chi connectivity index (χ2v) is 7.07. The lowest BCUT2D eigenvalue weighted by atomic mass is 10.1. The Bertz CT molecular complexity index is 1090. The van der Waals surface area contributed by atoms with Crippen LogP contribution in [0, 0.1) is 6.92 Å². The molecule has 0 fully saturated rings. The van der Waals surface area contributed by atoms with E-state index in [1.54, 1.807) is 24.3 Å². The van der Waals surface area contributed by atoms with Crippen molar-refractivity contribution in [2.75, 3.05) is 12.4 Å². The number of nitrogens with zero attached hydrogens (tertiary/aromatic N) is 1. The maximum Gasteiger partial charge on any atom is 0.249 e. The van der Waals surface area contributed by atoms with E-state index in [1.165, 1.54) is 18.9 Å². The first-order chi connectivity index (χ1) is 15.5. The first kappa shape index (κ1) is 22.6. The van der Waals surface area contributed by atoms with E-state index < -0.39 is 11.8 Å². The van der Waals surface area contributed by atoms with Crippen molar-refractivity contribution in [2.24, 2.45) is 5.10 Å². The van der Waals surface area contributed by atoms with Gasteiger partial charge in [-0.3, -0.25) is 9.59 Å². The molecule has 0 heterocycles. The number of aryl methyl sites for hydroxylation is 1. The molecule has 3 aromatic rings. The Morgan fingerprint density at radius 1 is 0.969 bits per heavy atom. The fraction of sp³-hybridized carbons (Fsp3) is 0.160. The van der Waals surface area contributed by atoms with Gasteiger partial charge in [0.25, 0.3) is 0 Å². The van der Waals surface area contributed by atoms with Gasteiger partial charge in [-0.25, -0.2) is 5.43 Å². The average molecular weight is 431 g/mol. The number of rotatable bonds is 9. The summed E-state index contributed by atoms with van der Waals surface area (Å²) < 4.78 is 11.0. The number of benzene rings is 3. The van der Waals surface area contributed by atoms with E-state index in [0.717, 1.165) is 16.9 Å². The van der Waals surface area contributed by atoms with Gasteiger partial charge in [0, 0.05) is 0 Å². The minimum absolute atomic E-state index is 0.360. The maximum atomic E-state index is 12.1. The Labute approximate surface area is 187 Å². The molecule has 164 valence electrons. The number of carbonyl (C=O) groups excluding carboxylic acids is 2. The molecule has 7 nitrogen and oxygen atoms in total. The quantitative estimate of drug-likeness (QED) is 0.304. The molecule has 7 heteroatoms. The minimum atomic E-state index is -0.522. The largest absolute Gasteiger partial charge is 0.495 e. The van der Waals surface area contributed by atoms with Crippen molar-refractivity contribution in [3.8, 4) is 11.5 Å². The number of hydrazone groups is 1. The van der Waals surface area contributed by atoms with Crippen molar-refractivity contribution in [1.29, 1.82) is 0 Å². The van der Waals surface area contributed by atoms with Crippen molar-refractivity contribution in [3.05, 3.63) is 89.5 Å². The van der Waals surface area contributed by atoms with Crippen LogP contribution in [0.3, 0.4) is 0 Å². The molecule has 0 spiro atoms. The fourth-order valence-corrected chi connectivity index (χ4v) is 2.93. The Hall–Kier alpha value is -4.13. The molecule has 3 aromatic carbocycles. The highest BCUT2D eigenvalue weighted by molar-refractivity contribution is 6.04. The Balaban J connectivity index is 1.43. The molecule has 0 aliphatic heterocycles. The van der Waals surface area contributed by atoms with E-state index in [9.17, 15) is 9.59 Å². The lowest BCUT2D eigenvalue weighted by Crippen LogP contribution is -2.24. The van der Waals surface area contributed by atoms with Gasteiger partial charge in [-0.15, -0.1) is 0 Å². The Morgan fingerprint density at radius 2 is 1.75 bits per heavy atom. The van der Waals surface area contributed by atoms with E-state index in [2.05, 4.69) is 21.9 Å². The molecule has 0 bridgehead atoms. The summed E-state index contributed by atoms with van der Waals surface area (Å²) in [4.78, 5) is 24.0. The van der Waals surface area contributed by atoms with Gasteiger partial charge in [0.15, 0.2) is 0 Å². The van der Waals surface area contributed by atoms with Gasteiger partial charge < -0.3 is 14.8 Å². The van der Waals surface area contributed by atoms with Crippen molar-refractivity contribution in [1.82, 2.24) is 5.43 Å². The van der Waals surface area contributed by atoms with E-state index >= 15 is 0 Å². The third kappa shape index (κ3) is 6.98. The molecule has 2 amide bonds. The predicted octanol–water partition coefficient (Wildman–Crippen LogP) is 4.06. The van der Waals surface area contributed by atoms with Crippen LogP contribution in [-0.2, 0) is 16.2 Å². The normalized spacial score (nSPS) is 10.6. The van der Waals surface area contributed by atoms with Gasteiger partial charge in [0.2, 0.25) is 11.8 Å². The molecule has 0 radical (unpaired) electrons. The zero-order valence-electron chi connectivity index (χ0n) is 18.0. The molecule has 0 aliphatic rings. The lowest BCUT2D eigenvalue weighted by molar-refractivity contribution is -0.126. The number of carbonyl (C=O) groups is 2. The topological polar surface area (TPSA) is 89.0 Å². The molecule has 0 saturated heterocycles. The number of para-hydroxylation sites is 2. The third-order valence-electron chi connectivity index (χ3n) is 4.47. The summed E-state index contributed by atoms with van der Waals surface area (Å²) in [5.74, 6) is 0.273. The summed E-state index contributed by atoms with van der Waals surface area (Å²) in [6, 6.07) is 22.4. The predicted molar refractivity (Wildman–Crippen MR) is 124 cm³/mol. The first-order valence-corrected chi connectivity index (χ1v) is 10.1. The smallest absolute Gasteiger partial charge is 0.249 e. The van der Waals surface area contributed by atoms with E-state index in [4.69, 9.17) is 9.47 Å². The molecule has 2 N–H and O–H groups in total. The van der Waals surface area contributed by atoms with Gasteiger partial charge >= 0.3 is 0 Å². The van der Waals surface area contributed by atoms with Gasteiger partial charge in [-0.2, -0.15) is 5.10 Å². The average Bonchev–Trinajstić information content (AvgIpc) is 2.79. The summed E-state index contributed by atoms with van der Waals surface area (Å²) in [6.45, 7) is 2.53. The maximum absolute atomic E-state index is 12.1. The number of methoxy groups -OCH3 is 1. The molecule has 3 rings (SSSR count). The Kier molecular flexibility index (Phi) is 7.97. The molecule has 0 aromatic heterocycles. The summed E-state index contributed by atoms with van der Waals surface area (Å²) in [5, 5.41) is 6.54. The van der Waals surface area contributed by atoms with Gasteiger partial charge in [-0.05, 0) is 54.4 Å². The van der Waals surface area contributed by atoms with Crippen LogP contribution >= 0.6 is 0 Å². The highest BCUT2D eigenvalue weighted by Crippen LogP contribution is 2.23. The number of anilines is 1. The number of nitrogens with one attached hydrogen (secondary N) is 2. The number of hydrogen-bond acceptors (Lipinski definition) is 5. The van der Waals surface area contributed by atoms with Crippen LogP contribution < -0.4 is 20.2 Å². The van der Waals surface area contributed by atoms with E-state index in [-0.39, 0.29) is 6.42 Å². The summed E-state index contributed by atoms with van der Waals surface area (Å²) in [5.41, 5.74) is 5.93. The van der Waals surface area contributed by atoms with Crippen LogP contribution in [0.4, 0.5) is 5.69 Å². The number of ether oxygens (including phenoxy) is 2. The van der Waals surface area contributed by atoms with Crippen molar-refractivity contribution in [2.45, 2.75) is 20.0 Å². The van der Waals surface area contributed by atoms with Gasteiger partial charge in [0.1, 0.15) is 24.5 Å². The second kappa shape index (κ2) is 11.3. The zero-order valence-corrected chi connectivity index (χ0v) is 18.0. The summed E-state index contributed by atoms with van der Waals surface area (Å²) >= 11 is 0. The molecule has 32 heavy (non-hydrogen) atoms. The van der Waals surface area contributed by atoms with Gasteiger partial charge in [-0.1, -0.05) is 42.0 Å². The summed E-state index contributed by atoms with van der Waals surface area (Å²) in [7, 11) is 1.51. The zero-order chi connectivity index (χ0) is 22.8. The van der Waals surface area contributed by atoms with Crippen LogP contribution in [-0.4, -0.2) is 25.1 Å². The lowest BCUT2D eigenvalue weighted by Gasteiger charge is -2.09. The van der Waals surface area contributed by atoms with Crippen LogP contribution in [0.2, 0.25) is 0 Å². The van der Waals surface area contributed by atoms with Gasteiger partial charge in [0.05, 0.1) is 19.0 Å². The van der Waals surface area contributed by atoms with Crippen molar-refractivity contribution < 1.29 is 19.1 Å². The fourth-order valence-electron chi connectivity index (χ4n) is 2.93. The molecule has 0 unspecified atom stereocenters. The SMILES string of the molecule is COc1ccccc1NC(=O)CC(=O)NN=Cc1ccc(OCc2cccc(C)c2)cc1. The first-order valence-electron chi connectivity index (χ1n) is 10.1. The molecule has 0 aliphatic carbocycles. The van der Waals surface area contributed by atoms with E-state index in [0.29, 0.717) is 18.0 Å².